The molecule has 1 unspecified atom stereocenters. The van der Waals surface area contributed by atoms with Gasteiger partial charge in [-0.1, -0.05) is 11.6 Å². The molecule has 1 amide bonds. The second-order valence-electron chi connectivity index (χ2n) is 4.50. The Hall–Kier alpha value is -0.420. The van der Waals surface area contributed by atoms with Crippen LogP contribution in [0.15, 0.2) is 29.2 Å². The van der Waals surface area contributed by atoms with Crippen molar-refractivity contribution in [3.8, 4) is 0 Å². The van der Waals surface area contributed by atoms with E-state index in [0.29, 0.717) is 13.0 Å². The summed E-state index contributed by atoms with van der Waals surface area (Å²) in [5.74, 6) is 1.09. The Morgan fingerprint density at radius 1 is 1.40 bits per heavy atom. The Morgan fingerprint density at radius 2 is 2.00 bits per heavy atom. The molecule has 1 aromatic rings. The van der Waals surface area contributed by atoms with Gasteiger partial charge in [0.2, 0.25) is 5.91 Å². The van der Waals surface area contributed by atoms with E-state index in [1.54, 1.807) is 16.7 Å². The highest BCUT2D eigenvalue weighted by atomic mass is 35.5. The zero-order valence-corrected chi connectivity index (χ0v) is 14.2. The Labute approximate surface area is 136 Å². The molecule has 0 fully saturated rings. The first kappa shape index (κ1) is 19.6. The van der Waals surface area contributed by atoms with Crippen LogP contribution in [0.1, 0.15) is 19.8 Å². The summed E-state index contributed by atoms with van der Waals surface area (Å²) in [5.41, 5.74) is 5.54. The fourth-order valence-corrected chi connectivity index (χ4v) is 2.50. The number of nitrogens with zero attached hydrogens (tertiary/aromatic N) is 1. The number of amides is 1. The monoisotopic (exact) mass is 336 g/mol. The molecule has 0 bridgehead atoms. The van der Waals surface area contributed by atoms with Crippen LogP contribution in [0.4, 0.5) is 0 Å². The minimum atomic E-state index is 0. The number of rotatable bonds is 7. The molecule has 3 nitrogen and oxygen atoms in total. The summed E-state index contributed by atoms with van der Waals surface area (Å²) in [4.78, 5) is 14.8. The largest absolute Gasteiger partial charge is 0.342 e. The molecule has 0 radical (unpaired) electrons. The van der Waals surface area contributed by atoms with Gasteiger partial charge in [0.05, 0.1) is 0 Å². The van der Waals surface area contributed by atoms with Crippen LogP contribution in [0, 0.1) is 0 Å². The quantitative estimate of drug-likeness (QED) is 0.612. The zero-order chi connectivity index (χ0) is 14.3. The minimum absolute atomic E-state index is 0. The van der Waals surface area contributed by atoms with Gasteiger partial charge in [-0.25, -0.2) is 0 Å². The van der Waals surface area contributed by atoms with Crippen LogP contribution in [0.5, 0.6) is 0 Å². The van der Waals surface area contributed by atoms with Gasteiger partial charge < -0.3 is 10.6 Å². The van der Waals surface area contributed by atoms with Crippen molar-refractivity contribution in [3.05, 3.63) is 29.3 Å². The minimum Gasteiger partial charge on any atom is -0.342 e. The molecular formula is C14H22Cl2N2OS. The van der Waals surface area contributed by atoms with Crippen LogP contribution < -0.4 is 5.73 Å². The van der Waals surface area contributed by atoms with E-state index in [0.717, 1.165) is 17.2 Å². The van der Waals surface area contributed by atoms with Gasteiger partial charge in [0.15, 0.2) is 0 Å². The molecule has 114 valence electrons. The molecule has 1 atom stereocenters. The van der Waals surface area contributed by atoms with E-state index >= 15 is 0 Å². The molecule has 0 aliphatic carbocycles. The molecule has 20 heavy (non-hydrogen) atoms. The van der Waals surface area contributed by atoms with Gasteiger partial charge in [-0.05, 0) is 43.4 Å². The lowest BCUT2D eigenvalue weighted by Crippen LogP contribution is -2.39. The molecule has 0 aliphatic rings. The highest BCUT2D eigenvalue weighted by Crippen LogP contribution is 2.21. The first-order valence-corrected chi connectivity index (χ1v) is 7.75. The van der Waals surface area contributed by atoms with Crippen LogP contribution in [0.2, 0.25) is 5.02 Å². The summed E-state index contributed by atoms with van der Waals surface area (Å²) in [6.45, 7) is 2.46. The van der Waals surface area contributed by atoms with Crippen molar-refractivity contribution >= 4 is 41.7 Å². The standard InChI is InChI=1S/C14H21ClN2OS.ClH/c1-11(10-16)17(2)14(18)4-3-9-19-13-7-5-12(15)6-8-13;/h5-8,11H,3-4,9-10,16H2,1-2H3;1H. The number of benzene rings is 1. The van der Waals surface area contributed by atoms with Gasteiger partial charge in [-0.2, -0.15) is 0 Å². The first-order valence-electron chi connectivity index (χ1n) is 6.38. The van der Waals surface area contributed by atoms with Crippen molar-refractivity contribution in [3.63, 3.8) is 0 Å². The predicted octanol–water partition coefficient (Wildman–Crippen LogP) is 3.44. The smallest absolute Gasteiger partial charge is 0.222 e. The predicted molar refractivity (Wildman–Crippen MR) is 89.9 cm³/mol. The van der Waals surface area contributed by atoms with E-state index in [1.807, 2.05) is 38.2 Å². The number of halogens is 2. The van der Waals surface area contributed by atoms with Gasteiger partial charge in [0, 0.05) is 36.0 Å². The molecule has 1 aromatic carbocycles. The van der Waals surface area contributed by atoms with E-state index < -0.39 is 0 Å². The number of carbonyl (C=O) groups is 1. The Bertz CT molecular complexity index is 401. The normalized spacial score (nSPS) is 11.6. The fourth-order valence-electron chi connectivity index (χ4n) is 1.52. The summed E-state index contributed by atoms with van der Waals surface area (Å²) in [6, 6.07) is 7.86. The SMILES string of the molecule is CC(CN)N(C)C(=O)CCCSc1ccc(Cl)cc1.Cl. The molecule has 6 heteroatoms. The highest BCUT2D eigenvalue weighted by molar-refractivity contribution is 7.99. The summed E-state index contributed by atoms with van der Waals surface area (Å²) >= 11 is 7.57. The number of carbonyl (C=O) groups excluding carboxylic acids is 1. The maximum Gasteiger partial charge on any atom is 0.222 e. The molecular weight excluding hydrogens is 315 g/mol. The molecule has 0 saturated heterocycles. The van der Waals surface area contributed by atoms with Crippen LogP contribution in [-0.4, -0.2) is 36.2 Å². The lowest BCUT2D eigenvalue weighted by molar-refractivity contribution is -0.131. The maximum absolute atomic E-state index is 11.8. The Balaban J connectivity index is 0.00000361. The number of hydrogen-bond acceptors (Lipinski definition) is 3. The second-order valence-corrected chi connectivity index (χ2v) is 6.10. The summed E-state index contributed by atoms with van der Waals surface area (Å²) in [7, 11) is 1.81. The summed E-state index contributed by atoms with van der Waals surface area (Å²) in [6.07, 6.45) is 1.44. The summed E-state index contributed by atoms with van der Waals surface area (Å²) < 4.78 is 0. The third-order valence-corrected chi connectivity index (χ3v) is 4.36. The molecule has 1 rings (SSSR count). The van der Waals surface area contributed by atoms with Crippen molar-refractivity contribution in [2.24, 2.45) is 5.73 Å². The second kappa shape index (κ2) is 10.3. The number of likely N-dealkylation sites (N-methyl/N-ethyl adjacent to an activating group) is 1. The van der Waals surface area contributed by atoms with Crippen LogP contribution in [0.3, 0.4) is 0 Å². The van der Waals surface area contributed by atoms with Crippen molar-refractivity contribution in [2.45, 2.75) is 30.7 Å². The number of nitrogens with two attached hydrogens (primary N) is 1. The average Bonchev–Trinajstić information content (AvgIpc) is 2.43. The van der Waals surface area contributed by atoms with Crippen molar-refractivity contribution in [1.29, 1.82) is 0 Å². The van der Waals surface area contributed by atoms with Crippen molar-refractivity contribution in [2.75, 3.05) is 19.3 Å². The van der Waals surface area contributed by atoms with E-state index in [2.05, 4.69) is 0 Å². The zero-order valence-electron chi connectivity index (χ0n) is 11.8. The van der Waals surface area contributed by atoms with Crippen molar-refractivity contribution in [1.82, 2.24) is 4.90 Å². The van der Waals surface area contributed by atoms with Crippen LogP contribution in [-0.2, 0) is 4.79 Å². The maximum atomic E-state index is 11.8. The molecule has 0 aromatic heterocycles. The fraction of sp³-hybridized carbons (Fsp3) is 0.500. The van der Waals surface area contributed by atoms with E-state index in [1.165, 1.54) is 4.90 Å². The molecule has 0 spiro atoms. The van der Waals surface area contributed by atoms with Gasteiger partial charge in [0.25, 0.3) is 0 Å². The lowest BCUT2D eigenvalue weighted by Gasteiger charge is -2.23. The van der Waals surface area contributed by atoms with Gasteiger partial charge >= 0.3 is 0 Å². The number of thioether (sulfide) groups is 1. The van der Waals surface area contributed by atoms with Crippen molar-refractivity contribution < 1.29 is 4.79 Å². The topological polar surface area (TPSA) is 46.3 Å². The molecule has 0 aliphatic heterocycles. The van der Waals surface area contributed by atoms with Crippen LogP contribution in [0.25, 0.3) is 0 Å². The van der Waals surface area contributed by atoms with E-state index in [-0.39, 0.29) is 24.4 Å². The van der Waals surface area contributed by atoms with Gasteiger partial charge in [-0.3, -0.25) is 4.79 Å². The Morgan fingerprint density at radius 3 is 2.55 bits per heavy atom. The highest BCUT2D eigenvalue weighted by Gasteiger charge is 2.13. The van der Waals surface area contributed by atoms with Gasteiger partial charge in [0.1, 0.15) is 0 Å². The summed E-state index contributed by atoms with van der Waals surface area (Å²) in [5, 5.41) is 0.747. The molecule has 0 heterocycles. The Kier molecular flexibility index (Phi) is 10.1. The third-order valence-electron chi connectivity index (χ3n) is 3.01. The molecule has 0 saturated carbocycles. The lowest BCUT2D eigenvalue weighted by atomic mass is 10.2. The number of hydrogen-bond donors (Lipinski definition) is 1. The third kappa shape index (κ3) is 6.84. The average molecular weight is 337 g/mol. The van der Waals surface area contributed by atoms with E-state index in [4.69, 9.17) is 17.3 Å². The van der Waals surface area contributed by atoms with Crippen LogP contribution >= 0.6 is 35.8 Å². The first-order chi connectivity index (χ1) is 9.04. The van der Waals surface area contributed by atoms with Gasteiger partial charge in [-0.15, -0.1) is 24.2 Å². The molecule has 2 N–H and O–H groups in total. The van der Waals surface area contributed by atoms with E-state index in [9.17, 15) is 4.79 Å².